The molecule has 17 heavy (non-hydrogen) atoms. The van der Waals surface area contributed by atoms with E-state index in [1.165, 1.54) is 0 Å². The van der Waals surface area contributed by atoms with Gasteiger partial charge in [0.25, 0.3) is 0 Å². The third-order valence-corrected chi connectivity index (χ3v) is 2.76. The molecule has 0 radical (unpaired) electrons. The molecule has 3 rings (SSSR count). The normalized spacial score (nSPS) is 10.9. The zero-order valence-electron chi connectivity index (χ0n) is 8.90. The summed E-state index contributed by atoms with van der Waals surface area (Å²) in [5.41, 5.74) is 1.44. The van der Waals surface area contributed by atoms with Crippen molar-refractivity contribution in [3.05, 3.63) is 28.9 Å². The molecule has 0 bridgehead atoms. The van der Waals surface area contributed by atoms with Gasteiger partial charge in [0.05, 0.1) is 12.6 Å². The molecular weight excluding hydrogens is 286 g/mol. The molecule has 3 heterocycles. The van der Waals surface area contributed by atoms with Gasteiger partial charge in [-0.05, 0) is 34.1 Å². The average Bonchev–Trinajstić information content (AvgIpc) is 2.93. The van der Waals surface area contributed by atoms with Crippen molar-refractivity contribution in [2.24, 2.45) is 0 Å². The second-order valence-corrected chi connectivity index (χ2v) is 4.20. The molecule has 6 heteroatoms. The molecule has 5 nitrogen and oxygen atoms in total. The molecule has 0 unspecified atom stereocenters. The number of methoxy groups -OCH3 is 1. The summed E-state index contributed by atoms with van der Waals surface area (Å²) in [6.07, 6.45) is 0. The summed E-state index contributed by atoms with van der Waals surface area (Å²) in [6, 6.07) is 7.30. The number of aromatic nitrogens is 3. The molecule has 1 N–H and O–H groups in total. The molecule has 0 saturated carbocycles. The number of fused-ring (bicyclic) bond motifs is 1. The Balaban J connectivity index is 2.13. The molecule has 0 amide bonds. The number of hydrogen-bond acceptors (Lipinski definition) is 4. The van der Waals surface area contributed by atoms with Crippen molar-refractivity contribution in [2.45, 2.75) is 0 Å². The highest BCUT2D eigenvalue weighted by molar-refractivity contribution is 9.10. The highest BCUT2D eigenvalue weighted by Gasteiger charge is 2.10. The van der Waals surface area contributed by atoms with Crippen LogP contribution in [0.3, 0.4) is 0 Å². The third kappa shape index (κ3) is 1.80. The highest BCUT2D eigenvalue weighted by atomic mass is 79.9. The SMILES string of the molecule is COc1ccc2[nH]c(-c3ccc(Br)o3)nc2n1. The topological polar surface area (TPSA) is 63.9 Å². The summed E-state index contributed by atoms with van der Waals surface area (Å²) in [4.78, 5) is 11.7. The van der Waals surface area contributed by atoms with Crippen molar-refractivity contribution < 1.29 is 9.15 Å². The number of nitrogens with zero attached hydrogens (tertiary/aromatic N) is 2. The van der Waals surface area contributed by atoms with E-state index in [-0.39, 0.29) is 0 Å². The first-order valence-electron chi connectivity index (χ1n) is 4.93. The van der Waals surface area contributed by atoms with E-state index >= 15 is 0 Å². The van der Waals surface area contributed by atoms with Crippen LogP contribution in [0.15, 0.2) is 33.4 Å². The zero-order chi connectivity index (χ0) is 11.8. The van der Waals surface area contributed by atoms with E-state index in [9.17, 15) is 0 Å². The van der Waals surface area contributed by atoms with E-state index in [0.29, 0.717) is 27.8 Å². The molecule has 0 aliphatic heterocycles. The first kappa shape index (κ1) is 10.3. The van der Waals surface area contributed by atoms with Gasteiger partial charge in [-0.3, -0.25) is 0 Å². The molecular formula is C11H8BrN3O2. The maximum Gasteiger partial charge on any atom is 0.215 e. The maximum atomic E-state index is 5.42. The second-order valence-electron chi connectivity index (χ2n) is 3.41. The van der Waals surface area contributed by atoms with Crippen LogP contribution >= 0.6 is 15.9 Å². The standard InChI is InChI=1S/C11H8BrN3O2/c1-16-9-5-2-6-10(14-9)15-11(13-6)7-3-4-8(12)17-7/h2-5H,1H3,(H,13,14,15). The lowest BCUT2D eigenvalue weighted by atomic mass is 10.4. The Morgan fingerprint density at radius 2 is 2.12 bits per heavy atom. The Bertz CT molecular complexity index is 674. The largest absolute Gasteiger partial charge is 0.481 e. The Hall–Kier alpha value is -1.82. The van der Waals surface area contributed by atoms with Gasteiger partial charge in [-0.25, -0.2) is 4.98 Å². The van der Waals surface area contributed by atoms with E-state index in [1.807, 2.05) is 18.2 Å². The van der Waals surface area contributed by atoms with Crippen LogP contribution < -0.4 is 4.74 Å². The molecule has 86 valence electrons. The second kappa shape index (κ2) is 3.89. The number of hydrogen-bond donors (Lipinski definition) is 1. The van der Waals surface area contributed by atoms with Crippen molar-refractivity contribution in [3.8, 4) is 17.5 Å². The van der Waals surface area contributed by atoms with Gasteiger partial charge < -0.3 is 14.1 Å². The van der Waals surface area contributed by atoms with Crippen LogP contribution in [-0.4, -0.2) is 22.1 Å². The Morgan fingerprint density at radius 3 is 2.82 bits per heavy atom. The fraction of sp³-hybridized carbons (Fsp3) is 0.0909. The van der Waals surface area contributed by atoms with Crippen molar-refractivity contribution in [1.29, 1.82) is 0 Å². The molecule has 3 aromatic rings. The van der Waals surface area contributed by atoms with Crippen molar-refractivity contribution in [1.82, 2.24) is 15.0 Å². The number of aromatic amines is 1. The lowest BCUT2D eigenvalue weighted by Gasteiger charge is -1.95. The lowest BCUT2D eigenvalue weighted by molar-refractivity contribution is 0.399. The summed E-state index contributed by atoms with van der Waals surface area (Å²) < 4.78 is 11.1. The van der Waals surface area contributed by atoms with Gasteiger partial charge in [-0.15, -0.1) is 0 Å². The molecule has 0 atom stereocenters. The predicted molar refractivity (Wildman–Crippen MR) is 65.8 cm³/mol. The van der Waals surface area contributed by atoms with Gasteiger partial charge in [0.1, 0.15) is 0 Å². The van der Waals surface area contributed by atoms with E-state index < -0.39 is 0 Å². The fourth-order valence-electron chi connectivity index (χ4n) is 1.55. The number of rotatable bonds is 2. The van der Waals surface area contributed by atoms with Crippen LogP contribution in [0.25, 0.3) is 22.7 Å². The number of imidazole rings is 1. The number of pyridine rings is 1. The van der Waals surface area contributed by atoms with Crippen molar-refractivity contribution in [2.75, 3.05) is 7.11 Å². The lowest BCUT2D eigenvalue weighted by Crippen LogP contribution is -1.86. The molecule has 3 aromatic heterocycles. The van der Waals surface area contributed by atoms with E-state index in [0.717, 1.165) is 5.52 Å². The molecule has 0 aromatic carbocycles. The number of ether oxygens (including phenoxy) is 1. The molecule has 0 aliphatic rings. The predicted octanol–water partition coefficient (Wildman–Crippen LogP) is 2.99. The minimum absolute atomic E-state index is 0.538. The minimum Gasteiger partial charge on any atom is -0.481 e. The van der Waals surface area contributed by atoms with Crippen LogP contribution in [0.4, 0.5) is 0 Å². The first-order valence-corrected chi connectivity index (χ1v) is 5.72. The third-order valence-electron chi connectivity index (χ3n) is 2.34. The van der Waals surface area contributed by atoms with Gasteiger partial charge >= 0.3 is 0 Å². The van der Waals surface area contributed by atoms with Gasteiger partial charge in [0.2, 0.25) is 5.88 Å². The van der Waals surface area contributed by atoms with Gasteiger partial charge in [0, 0.05) is 6.07 Å². The number of nitrogens with one attached hydrogen (secondary N) is 1. The summed E-state index contributed by atoms with van der Waals surface area (Å²) >= 11 is 3.25. The van der Waals surface area contributed by atoms with Crippen LogP contribution in [0, 0.1) is 0 Å². The van der Waals surface area contributed by atoms with Crippen LogP contribution in [0.2, 0.25) is 0 Å². The number of furan rings is 1. The minimum atomic E-state index is 0.538. The van der Waals surface area contributed by atoms with Crippen LogP contribution in [0.5, 0.6) is 5.88 Å². The quantitative estimate of drug-likeness (QED) is 0.789. The average molecular weight is 294 g/mol. The first-order chi connectivity index (χ1) is 8.26. The van der Waals surface area contributed by atoms with E-state index in [1.54, 1.807) is 13.2 Å². The Morgan fingerprint density at radius 1 is 1.24 bits per heavy atom. The molecule has 0 aliphatic carbocycles. The Labute approximate surface area is 105 Å². The summed E-state index contributed by atoms with van der Waals surface area (Å²) in [5, 5.41) is 0. The van der Waals surface area contributed by atoms with Crippen molar-refractivity contribution >= 4 is 27.1 Å². The fourth-order valence-corrected chi connectivity index (χ4v) is 1.85. The highest BCUT2D eigenvalue weighted by Crippen LogP contribution is 2.25. The van der Waals surface area contributed by atoms with E-state index in [2.05, 4.69) is 30.9 Å². The van der Waals surface area contributed by atoms with Crippen LogP contribution in [0.1, 0.15) is 0 Å². The van der Waals surface area contributed by atoms with Crippen molar-refractivity contribution in [3.63, 3.8) is 0 Å². The van der Waals surface area contributed by atoms with Crippen LogP contribution in [-0.2, 0) is 0 Å². The summed E-state index contributed by atoms with van der Waals surface area (Å²) in [6.45, 7) is 0. The zero-order valence-corrected chi connectivity index (χ0v) is 10.5. The Kier molecular flexibility index (Phi) is 2.36. The molecule has 0 saturated heterocycles. The van der Waals surface area contributed by atoms with Gasteiger partial charge in [-0.2, -0.15) is 4.98 Å². The molecule has 0 spiro atoms. The summed E-state index contributed by atoms with van der Waals surface area (Å²) in [5.74, 6) is 1.84. The smallest absolute Gasteiger partial charge is 0.215 e. The maximum absolute atomic E-state index is 5.42. The van der Waals surface area contributed by atoms with Gasteiger partial charge in [-0.1, -0.05) is 0 Å². The van der Waals surface area contributed by atoms with E-state index in [4.69, 9.17) is 9.15 Å². The van der Waals surface area contributed by atoms with Gasteiger partial charge in [0.15, 0.2) is 21.9 Å². The summed E-state index contributed by atoms with van der Waals surface area (Å²) in [7, 11) is 1.57. The number of H-pyrrole nitrogens is 1. The number of halogens is 1. The monoisotopic (exact) mass is 293 g/mol. The molecule has 0 fully saturated rings.